The number of carbonyl (C=O) groups is 2. The summed E-state index contributed by atoms with van der Waals surface area (Å²) in [6.07, 6.45) is 1.53. The Morgan fingerprint density at radius 3 is 2.36 bits per heavy atom. The molecule has 1 amide bonds. The second-order valence-corrected chi connectivity index (χ2v) is 7.70. The number of hydrogen-bond donors (Lipinski definition) is 1. The Bertz CT molecular complexity index is 1110. The van der Waals surface area contributed by atoms with E-state index in [-0.39, 0.29) is 23.5 Å². The standard InChI is InChI=1S/C25H21NO2/c27-23-14-18(16-7-2-1-3-8-16)13-22-25(23)21(15-24(28)26-22)20-12-6-10-17-9-4-5-11-19(17)20/h1-12,18,21H,13-15H2,(H,26,28). The lowest BCUT2D eigenvalue weighted by atomic mass is 9.73. The average molecular weight is 367 g/mol. The van der Waals surface area contributed by atoms with E-state index in [4.69, 9.17) is 0 Å². The monoisotopic (exact) mass is 367 g/mol. The molecule has 0 fully saturated rings. The van der Waals surface area contributed by atoms with E-state index in [1.165, 1.54) is 0 Å². The highest BCUT2D eigenvalue weighted by molar-refractivity contribution is 6.03. The molecule has 138 valence electrons. The molecule has 0 aromatic heterocycles. The van der Waals surface area contributed by atoms with Gasteiger partial charge in [0.25, 0.3) is 0 Å². The van der Waals surface area contributed by atoms with Crippen LogP contribution >= 0.6 is 0 Å². The molecule has 1 heterocycles. The summed E-state index contributed by atoms with van der Waals surface area (Å²) in [5.74, 6) is 0.115. The summed E-state index contributed by atoms with van der Waals surface area (Å²) < 4.78 is 0. The van der Waals surface area contributed by atoms with Crippen molar-refractivity contribution >= 4 is 22.5 Å². The lowest BCUT2D eigenvalue weighted by Crippen LogP contribution is -2.38. The highest BCUT2D eigenvalue weighted by Crippen LogP contribution is 2.43. The quantitative estimate of drug-likeness (QED) is 0.704. The molecule has 0 spiro atoms. The van der Waals surface area contributed by atoms with Crippen molar-refractivity contribution in [3.8, 4) is 0 Å². The first kappa shape index (κ1) is 16.9. The van der Waals surface area contributed by atoms with Crippen LogP contribution < -0.4 is 5.32 Å². The molecule has 1 aliphatic heterocycles. The van der Waals surface area contributed by atoms with E-state index in [1.807, 2.05) is 36.4 Å². The summed E-state index contributed by atoms with van der Waals surface area (Å²) in [7, 11) is 0. The van der Waals surface area contributed by atoms with Crippen molar-refractivity contribution in [2.75, 3.05) is 0 Å². The van der Waals surface area contributed by atoms with Crippen LogP contribution in [0.5, 0.6) is 0 Å². The average Bonchev–Trinajstić information content (AvgIpc) is 2.73. The molecule has 0 saturated heterocycles. The molecule has 0 saturated carbocycles. The molecule has 2 atom stereocenters. The van der Waals surface area contributed by atoms with Gasteiger partial charge in [0, 0.05) is 30.0 Å². The summed E-state index contributed by atoms with van der Waals surface area (Å²) in [5.41, 5.74) is 3.86. The fourth-order valence-electron chi connectivity index (χ4n) is 4.74. The van der Waals surface area contributed by atoms with Crippen LogP contribution in [0.15, 0.2) is 84.1 Å². The summed E-state index contributed by atoms with van der Waals surface area (Å²) in [6, 6.07) is 24.5. The zero-order chi connectivity index (χ0) is 19.1. The van der Waals surface area contributed by atoms with Gasteiger partial charge in [-0.25, -0.2) is 0 Å². The van der Waals surface area contributed by atoms with Crippen LogP contribution in [0.1, 0.15) is 42.2 Å². The zero-order valence-corrected chi connectivity index (χ0v) is 15.5. The van der Waals surface area contributed by atoms with Gasteiger partial charge in [-0.2, -0.15) is 0 Å². The molecule has 0 bridgehead atoms. The minimum Gasteiger partial charge on any atom is -0.329 e. The Labute approximate surface area is 164 Å². The van der Waals surface area contributed by atoms with Crippen LogP contribution in [-0.4, -0.2) is 11.7 Å². The van der Waals surface area contributed by atoms with Crippen molar-refractivity contribution < 1.29 is 9.59 Å². The molecule has 2 unspecified atom stereocenters. The normalized spacial score (nSPS) is 22.1. The summed E-state index contributed by atoms with van der Waals surface area (Å²) >= 11 is 0. The number of nitrogens with one attached hydrogen (secondary N) is 1. The van der Waals surface area contributed by atoms with E-state index >= 15 is 0 Å². The van der Waals surface area contributed by atoms with Gasteiger partial charge < -0.3 is 5.32 Å². The first-order chi connectivity index (χ1) is 13.7. The molecule has 3 heteroatoms. The van der Waals surface area contributed by atoms with Crippen molar-refractivity contribution in [3.63, 3.8) is 0 Å². The first-order valence-corrected chi connectivity index (χ1v) is 9.79. The highest BCUT2D eigenvalue weighted by atomic mass is 16.2. The summed E-state index contributed by atoms with van der Waals surface area (Å²) in [4.78, 5) is 25.8. The Kier molecular flexibility index (Phi) is 4.09. The molecule has 5 rings (SSSR count). The number of rotatable bonds is 2. The van der Waals surface area contributed by atoms with Crippen molar-refractivity contribution in [2.45, 2.75) is 31.1 Å². The Morgan fingerprint density at radius 2 is 1.50 bits per heavy atom. The van der Waals surface area contributed by atoms with Gasteiger partial charge >= 0.3 is 0 Å². The van der Waals surface area contributed by atoms with Crippen LogP contribution in [-0.2, 0) is 9.59 Å². The third kappa shape index (κ3) is 2.84. The van der Waals surface area contributed by atoms with Crippen molar-refractivity contribution in [2.24, 2.45) is 0 Å². The second kappa shape index (κ2) is 6.75. The fraction of sp³-hybridized carbons (Fsp3) is 0.200. The Balaban J connectivity index is 1.60. The zero-order valence-electron chi connectivity index (χ0n) is 15.5. The molecule has 28 heavy (non-hydrogen) atoms. The van der Waals surface area contributed by atoms with Crippen LogP contribution in [0.2, 0.25) is 0 Å². The van der Waals surface area contributed by atoms with Crippen LogP contribution in [0.3, 0.4) is 0 Å². The van der Waals surface area contributed by atoms with Crippen LogP contribution in [0.4, 0.5) is 0 Å². The van der Waals surface area contributed by atoms with Gasteiger partial charge in [-0.1, -0.05) is 72.8 Å². The van der Waals surface area contributed by atoms with E-state index < -0.39 is 0 Å². The highest BCUT2D eigenvalue weighted by Gasteiger charge is 2.38. The first-order valence-electron chi connectivity index (χ1n) is 9.79. The predicted molar refractivity (Wildman–Crippen MR) is 110 cm³/mol. The summed E-state index contributed by atoms with van der Waals surface area (Å²) in [5, 5.41) is 5.27. The SMILES string of the molecule is O=C1CC(c2cccc3ccccc23)C2=C(CC(c3ccccc3)CC2=O)N1. The number of ketones is 1. The molecule has 3 nitrogen and oxygen atoms in total. The van der Waals surface area contributed by atoms with E-state index in [0.29, 0.717) is 19.3 Å². The summed E-state index contributed by atoms with van der Waals surface area (Å²) in [6.45, 7) is 0. The van der Waals surface area contributed by atoms with Gasteiger partial charge in [0.2, 0.25) is 5.91 Å². The third-order valence-electron chi connectivity index (χ3n) is 6.01. The van der Waals surface area contributed by atoms with E-state index in [1.54, 1.807) is 0 Å². The molecule has 3 aromatic rings. The maximum atomic E-state index is 13.2. The van der Waals surface area contributed by atoms with Gasteiger partial charge in [-0.05, 0) is 34.2 Å². The van der Waals surface area contributed by atoms with E-state index in [9.17, 15) is 9.59 Å². The number of amides is 1. The lowest BCUT2D eigenvalue weighted by molar-refractivity contribution is -0.122. The molecule has 3 aromatic carbocycles. The predicted octanol–water partition coefficient (Wildman–Crippen LogP) is 4.84. The topological polar surface area (TPSA) is 46.2 Å². The van der Waals surface area contributed by atoms with Crippen molar-refractivity contribution in [3.05, 3.63) is 95.2 Å². The Hall–Kier alpha value is -3.20. The fourth-order valence-corrected chi connectivity index (χ4v) is 4.74. The van der Waals surface area contributed by atoms with Gasteiger partial charge in [-0.15, -0.1) is 0 Å². The molecular weight excluding hydrogens is 346 g/mol. The molecular formula is C25H21NO2. The smallest absolute Gasteiger partial charge is 0.225 e. The van der Waals surface area contributed by atoms with Crippen molar-refractivity contribution in [1.82, 2.24) is 5.32 Å². The molecule has 1 aliphatic carbocycles. The number of Topliss-reactive ketones (excluding diaryl/α,β-unsaturated/α-hetero) is 1. The maximum absolute atomic E-state index is 13.2. The van der Waals surface area contributed by atoms with E-state index in [2.05, 4.69) is 41.7 Å². The number of carbonyl (C=O) groups excluding carboxylic acids is 2. The van der Waals surface area contributed by atoms with Gasteiger partial charge in [-0.3, -0.25) is 9.59 Å². The number of hydrogen-bond acceptors (Lipinski definition) is 2. The number of allylic oxidation sites excluding steroid dienone is 2. The largest absolute Gasteiger partial charge is 0.329 e. The molecule has 0 radical (unpaired) electrons. The molecule has 2 aliphatic rings. The molecule has 1 N–H and O–H groups in total. The van der Waals surface area contributed by atoms with Gasteiger partial charge in [0.15, 0.2) is 5.78 Å². The van der Waals surface area contributed by atoms with Crippen LogP contribution in [0, 0.1) is 0 Å². The van der Waals surface area contributed by atoms with E-state index in [0.717, 1.165) is 33.2 Å². The van der Waals surface area contributed by atoms with Gasteiger partial charge in [0.05, 0.1) is 0 Å². The van der Waals surface area contributed by atoms with Gasteiger partial charge in [0.1, 0.15) is 0 Å². The van der Waals surface area contributed by atoms with Crippen molar-refractivity contribution in [1.29, 1.82) is 0 Å². The maximum Gasteiger partial charge on any atom is 0.225 e. The second-order valence-electron chi connectivity index (χ2n) is 7.70. The minimum atomic E-state index is -0.168. The Morgan fingerprint density at radius 1 is 0.750 bits per heavy atom. The number of fused-ring (bicyclic) bond motifs is 1. The number of benzene rings is 3. The van der Waals surface area contributed by atoms with Crippen LogP contribution in [0.25, 0.3) is 10.8 Å². The lowest BCUT2D eigenvalue weighted by Gasteiger charge is -2.35. The third-order valence-corrected chi connectivity index (χ3v) is 6.01. The minimum absolute atomic E-state index is 0.00167.